The van der Waals surface area contributed by atoms with Crippen LogP contribution in [0.2, 0.25) is 10.0 Å². The molecule has 0 radical (unpaired) electrons. The molecular weight excluding hydrogens is 403 g/mol. The lowest BCUT2D eigenvalue weighted by molar-refractivity contribution is -0.136. The number of hydrogen-bond acceptors (Lipinski definition) is 5. The van der Waals surface area contributed by atoms with E-state index in [0.29, 0.717) is 47.8 Å². The molecule has 0 aliphatic carbocycles. The highest BCUT2D eigenvalue weighted by Gasteiger charge is 2.28. The van der Waals surface area contributed by atoms with E-state index >= 15 is 0 Å². The van der Waals surface area contributed by atoms with Gasteiger partial charge in [0.25, 0.3) is 5.91 Å². The maximum absolute atomic E-state index is 12.9. The predicted octanol–water partition coefficient (Wildman–Crippen LogP) is 3.47. The van der Waals surface area contributed by atoms with Gasteiger partial charge >= 0.3 is 0 Å². The van der Waals surface area contributed by atoms with Crippen LogP contribution >= 0.6 is 23.2 Å². The number of hydrogen-bond donors (Lipinski definition) is 0. The maximum Gasteiger partial charge on any atom is 0.253 e. The van der Waals surface area contributed by atoms with Crippen molar-refractivity contribution in [3.63, 3.8) is 0 Å². The molecule has 1 aromatic carbocycles. The number of fused-ring (bicyclic) bond motifs is 1. The first-order chi connectivity index (χ1) is 13.6. The van der Waals surface area contributed by atoms with E-state index in [9.17, 15) is 4.79 Å². The summed E-state index contributed by atoms with van der Waals surface area (Å²) in [4.78, 5) is 18.8. The van der Waals surface area contributed by atoms with E-state index in [4.69, 9.17) is 37.4 Å². The Kier molecular flexibility index (Phi) is 5.71. The first-order valence-electron chi connectivity index (χ1n) is 8.86. The van der Waals surface area contributed by atoms with E-state index in [0.717, 1.165) is 11.3 Å². The number of halogens is 2. The Bertz CT molecular complexity index is 902. The van der Waals surface area contributed by atoms with Crippen molar-refractivity contribution >= 4 is 35.2 Å². The highest BCUT2D eigenvalue weighted by Crippen LogP contribution is 2.29. The van der Waals surface area contributed by atoms with Crippen LogP contribution in [-0.4, -0.2) is 54.8 Å². The Balaban J connectivity index is 1.38. The number of aromatic nitrogens is 1. The van der Waals surface area contributed by atoms with Crippen LogP contribution in [0, 0.1) is 0 Å². The van der Waals surface area contributed by atoms with Crippen LogP contribution < -0.4 is 9.47 Å². The Hall–Kier alpha value is -2.28. The Labute approximate surface area is 172 Å². The van der Waals surface area contributed by atoms with Crippen LogP contribution in [0.15, 0.2) is 42.1 Å². The minimum Gasteiger partial charge on any atom is -0.488 e. The second-order valence-electron chi connectivity index (χ2n) is 6.51. The summed E-state index contributed by atoms with van der Waals surface area (Å²) in [6.07, 6.45) is 3.13. The van der Waals surface area contributed by atoms with Gasteiger partial charge in [0, 0.05) is 29.4 Å². The van der Waals surface area contributed by atoms with Crippen LogP contribution in [0.1, 0.15) is 5.56 Å². The standard InChI is InChI=1S/C20H18Cl2N2O4/c21-15-1-3-18-13(8-15)7-14(11-27-18)20(25)24-5-6-26-17(10-24)12-28-19-4-2-16(22)9-23-19/h1-4,7-9,17H,5-6,10-12H2. The zero-order valence-electron chi connectivity index (χ0n) is 14.9. The molecule has 4 rings (SSSR count). The largest absolute Gasteiger partial charge is 0.488 e. The molecule has 1 saturated heterocycles. The third kappa shape index (κ3) is 4.41. The Morgan fingerprint density at radius 1 is 1.25 bits per heavy atom. The summed E-state index contributed by atoms with van der Waals surface area (Å²) < 4.78 is 17.1. The summed E-state index contributed by atoms with van der Waals surface area (Å²) in [5.41, 5.74) is 1.40. The van der Waals surface area contributed by atoms with Gasteiger partial charge in [-0.25, -0.2) is 4.98 Å². The van der Waals surface area contributed by atoms with Gasteiger partial charge in [0.05, 0.1) is 23.7 Å². The molecule has 0 bridgehead atoms. The molecule has 1 unspecified atom stereocenters. The lowest BCUT2D eigenvalue weighted by atomic mass is 10.1. The van der Waals surface area contributed by atoms with Gasteiger partial charge in [0.15, 0.2) is 0 Å². The Morgan fingerprint density at radius 3 is 2.93 bits per heavy atom. The number of carbonyl (C=O) groups excluding carboxylic acids is 1. The molecule has 1 aromatic heterocycles. The first-order valence-corrected chi connectivity index (χ1v) is 9.62. The minimum absolute atomic E-state index is 0.0662. The van der Waals surface area contributed by atoms with E-state index in [2.05, 4.69) is 4.98 Å². The van der Waals surface area contributed by atoms with E-state index < -0.39 is 0 Å². The van der Waals surface area contributed by atoms with Crippen molar-refractivity contribution < 1.29 is 19.0 Å². The molecular formula is C20H18Cl2N2O4. The zero-order valence-corrected chi connectivity index (χ0v) is 16.4. The molecule has 1 amide bonds. The summed E-state index contributed by atoms with van der Waals surface area (Å²) in [5.74, 6) is 1.13. The number of nitrogens with zero attached hydrogens (tertiary/aromatic N) is 2. The molecule has 1 atom stereocenters. The smallest absolute Gasteiger partial charge is 0.253 e. The molecule has 0 spiro atoms. The summed E-state index contributed by atoms with van der Waals surface area (Å²) in [6.45, 7) is 1.94. The van der Waals surface area contributed by atoms with Crippen molar-refractivity contribution in [2.75, 3.05) is 32.9 Å². The summed E-state index contributed by atoms with van der Waals surface area (Å²) >= 11 is 11.9. The van der Waals surface area contributed by atoms with E-state index in [1.165, 1.54) is 6.20 Å². The fraction of sp³-hybridized carbons (Fsp3) is 0.300. The second-order valence-corrected chi connectivity index (χ2v) is 7.38. The molecule has 28 heavy (non-hydrogen) atoms. The van der Waals surface area contributed by atoms with E-state index in [-0.39, 0.29) is 18.6 Å². The summed E-state index contributed by atoms with van der Waals surface area (Å²) in [5, 5.41) is 1.15. The molecule has 0 N–H and O–H groups in total. The van der Waals surface area contributed by atoms with Crippen molar-refractivity contribution in [2.45, 2.75) is 6.10 Å². The van der Waals surface area contributed by atoms with Gasteiger partial charge in [-0.2, -0.15) is 0 Å². The van der Waals surface area contributed by atoms with Crippen molar-refractivity contribution in [1.29, 1.82) is 0 Å². The number of amides is 1. The summed E-state index contributed by atoms with van der Waals surface area (Å²) in [6, 6.07) is 8.77. The van der Waals surface area contributed by atoms with Crippen LogP contribution in [-0.2, 0) is 9.53 Å². The number of benzene rings is 1. The number of pyridine rings is 1. The average molecular weight is 421 g/mol. The van der Waals surface area contributed by atoms with Gasteiger partial charge in [-0.15, -0.1) is 0 Å². The lowest BCUT2D eigenvalue weighted by Crippen LogP contribution is -2.48. The quantitative estimate of drug-likeness (QED) is 0.757. The van der Waals surface area contributed by atoms with Gasteiger partial charge in [-0.05, 0) is 30.3 Å². The number of ether oxygens (including phenoxy) is 3. The third-order valence-corrected chi connectivity index (χ3v) is 4.96. The van der Waals surface area contributed by atoms with Crippen LogP contribution in [0.5, 0.6) is 11.6 Å². The minimum atomic E-state index is -0.234. The summed E-state index contributed by atoms with van der Waals surface area (Å²) in [7, 11) is 0. The molecule has 0 saturated carbocycles. The van der Waals surface area contributed by atoms with Gasteiger partial charge < -0.3 is 19.1 Å². The molecule has 6 nitrogen and oxygen atoms in total. The SMILES string of the molecule is O=C(C1=Cc2cc(Cl)ccc2OC1)N1CCOC(COc2ccc(Cl)cn2)C1. The number of carbonyl (C=O) groups is 1. The molecule has 3 heterocycles. The van der Waals surface area contributed by atoms with Crippen LogP contribution in [0.4, 0.5) is 0 Å². The molecule has 1 fully saturated rings. The van der Waals surface area contributed by atoms with Gasteiger partial charge in [-0.3, -0.25) is 4.79 Å². The van der Waals surface area contributed by atoms with Gasteiger partial charge in [0.2, 0.25) is 5.88 Å². The lowest BCUT2D eigenvalue weighted by Gasteiger charge is -2.33. The fourth-order valence-corrected chi connectivity index (χ4v) is 3.40. The molecule has 2 aliphatic heterocycles. The van der Waals surface area contributed by atoms with Crippen molar-refractivity contribution in [1.82, 2.24) is 9.88 Å². The number of rotatable bonds is 4. The van der Waals surface area contributed by atoms with Crippen LogP contribution in [0.3, 0.4) is 0 Å². The first kappa shape index (κ1) is 19.1. The topological polar surface area (TPSA) is 60.9 Å². The maximum atomic E-state index is 12.9. The molecule has 8 heteroatoms. The van der Waals surface area contributed by atoms with E-state index in [1.54, 1.807) is 29.2 Å². The van der Waals surface area contributed by atoms with Gasteiger partial charge in [0.1, 0.15) is 25.1 Å². The average Bonchev–Trinajstić information content (AvgIpc) is 2.72. The highest BCUT2D eigenvalue weighted by molar-refractivity contribution is 6.31. The van der Waals surface area contributed by atoms with Gasteiger partial charge in [-0.1, -0.05) is 23.2 Å². The van der Waals surface area contributed by atoms with E-state index in [1.807, 2.05) is 12.1 Å². The monoisotopic (exact) mass is 420 g/mol. The normalized spacial score (nSPS) is 18.7. The number of morpholine rings is 1. The highest BCUT2D eigenvalue weighted by atomic mass is 35.5. The second kappa shape index (κ2) is 8.39. The molecule has 146 valence electrons. The fourth-order valence-electron chi connectivity index (χ4n) is 3.11. The Morgan fingerprint density at radius 2 is 2.11 bits per heavy atom. The molecule has 2 aliphatic rings. The van der Waals surface area contributed by atoms with Crippen LogP contribution in [0.25, 0.3) is 6.08 Å². The predicted molar refractivity (Wildman–Crippen MR) is 106 cm³/mol. The third-order valence-electron chi connectivity index (χ3n) is 4.50. The molecule has 2 aromatic rings. The van der Waals surface area contributed by atoms with Crippen molar-refractivity contribution in [2.24, 2.45) is 0 Å². The van der Waals surface area contributed by atoms with Crippen molar-refractivity contribution in [3.8, 4) is 11.6 Å². The zero-order chi connectivity index (χ0) is 19.5. The van der Waals surface area contributed by atoms with Crippen molar-refractivity contribution in [3.05, 3.63) is 57.7 Å².